The Morgan fingerprint density at radius 1 is 1.29 bits per heavy atom. The lowest BCUT2D eigenvalue weighted by Crippen LogP contribution is -2.05. The maximum Gasteiger partial charge on any atom is 0.219 e. The third kappa shape index (κ3) is 2.96. The first kappa shape index (κ1) is 11.9. The minimum atomic E-state index is -0.0494. The summed E-state index contributed by atoms with van der Waals surface area (Å²) in [6.07, 6.45) is 1.67. The molecule has 2 rings (SSSR count). The Hall–Kier alpha value is -1.58. The van der Waals surface area contributed by atoms with Crippen molar-refractivity contribution in [3.8, 4) is 11.6 Å². The summed E-state index contributed by atoms with van der Waals surface area (Å²) in [5, 5.41) is 0.556. The van der Waals surface area contributed by atoms with Crippen LogP contribution in [0, 0.1) is 0 Å². The quantitative estimate of drug-likeness (QED) is 0.904. The molecule has 0 unspecified atom stereocenters. The summed E-state index contributed by atoms with van der Waals surface area (Å²) in [6, 6.07) is 10.9. The van der Waals surface area contributed by atoms with Crippen molar-refractivity contribution in [3.63, 3.8) is 0 Å². The van der Waals surface area contributed by atoms with E-state index in [1.54, 1.807) is 18.3 Å². The van der Waals surface area contributed by atoms with Crippen LogP contribution in [0.15, 0.2) is 42.6 Å². The van der Waals surface area contributed by atoms with E-state index < -0.39 is 0 Å². The molecule has 4 heteroatoms. The van der Waals surface area contributed by atoms with Gasteiger partial charge in [0.2, 0.25) is 5.88 Å². The number of nitrogens with zero attached hydrogens (tertiary/aromatic N) is 1. The summed E-state index contributed by atoms with van der Waals surface area (Å²) in [5.41, 5.74) is 6.77. The summed E-state index contributed by atoms with van der Waals surface area (Å²) >= 11 is 6.00. The molecule has 0 amide bonds. The van der Waals surface area contributed by atoms with E-state index in [0.717, 1.165) is 5.56 Å². The van der Waals surface area contributed by atoms with Crippen molar-refractivity contribution in [3.05, 3.63) is 53.2 Å². The average molecular weight is 249 g/mol. The molecular weight excluding hydrogens is 236 g/mol. The van der Waals surface area contributed by atoms with E-state index in [2.05, 4.69) is 4.98 Å². The number of hydrogen-bond acceptors (Lipinski definition) is 3. The van der Waals surface area contributed by atoms with Gasteiger partial charge in [0.05, 0.1) is 5.02 Å². The van der Waals surface area contributed by atoms with Gasteiger partial charge in [-0.1, -0.05) is 23.7 Å². The molecule has 3 nitrogen and oxygen atoms in total. The van der Waals surface area contributed by atoms with Crippen LogP contribution in [0.2, 0.25) is 5.02 Å². The third-order valence-corrected chi connectivity index (χ3v) is 2.65. The highest BCUT2D eigenvalue weighted by Gasteiger charge is 2.05. The van der Waals surface area contributed by atoms with Gasteiger partial charge in [-0.2, -0.15) is 0 Å². The molecule has 0 spiro atoms. The van der Waals surface area contributed by atoms with Gasteiger partial charge in [0, 0.05) is 18.3 Å². The van der Waals surface area contributed by atoms with Gasteiger partial charge in [-0.25, -0.2) is 4.98 Å². The van der Waals surface area contributed by atoms with E-state index in [1.165, 1.54) is 0 Å². The van der Waals surface area contributed by atoms with Gasteiger partial charge in [-0.15, -0.1) is 0 Å². The lowest BCUT2D eigenvalue weighted by molar-refractivity contribution is 0.462. The van der Waals surface area contributed by atoms with E-state index in [-0.39, 0.29) is 6.04 Å². The van der Waals surface area contributed by atoms with Crippen molar-refractivity contribution >= 4 is 11.6 Å². The zero-order chi connectivity index (χ0) is 12.3. The molecule has 0 aliphatic rings. The highest BCUT2D eigenvalue weighted by molar-refractivity contribution is 6.32. The van der Waals surface area contributed by atoms with Crippen LogP contribution in [0.1, 0.15) is 18.5 Å². The highest BCUT2D eigenvalue weighted by Crippen LogP contribution is 2.28. The van der Waals surface area contributed by atoms with Crippen LogP contribution in [-0.4, -0.2) is 4.98 Å². The fourth-order valence-corrected chi connectivity index (χ4v) is 1.58. The maximum absolute atomic E-state index is 6.00. The molecule has 0 aliphatic heterocycles. The third-order valence-electron chi connectivity index (χ3n) is 2.34. The molecule has 1 aromatic carbocycles. The fourth-order valence-electron chi connectivity index (χ4n) is 1.40. The Kier molecular flexibility index (Phi) is 3.61. The van der Waals surface area contributed by atoms with Gasteiger partial charge in [-0.05, 0) is 30.7 Å². The van der Waals surface area contributed by atoms with Gasteiger partial charge in [0.1, 0.15) is 5.75 Å². The van der Waals surface area contributed by atoms with Crippen molar-refractivity contribution in [2.75, 3.05) is 0 Å². The minimum Gasteiger partial charge on any atom is -0.437 e. The summed E-state index contributed by atoms with van der Waals surface area (Å²) in [6.45, 7) is 1.91. The second-order valence-electron chi connectivity index (χ2n) is 3.75. The van der Waals surface area contributed by atoms with Crippen LogP contribution in [0.3, 0.4) is 0 Å². The first-order valence-electron chi connectivity index (χ1n) is 5.31. The first-order chi connectivity index (χ1) is 8.16. The number of aromatic nitrogens is 1. The number of nitrogens with two attached hydrogens (primary N) is 1. The molecule has 88 valence electrons. The number of benzene rings is 1. The molecule has 1 aromatic heterocycles. The largest absolute Gasteiger partial charge is 0.437 e. The SMILES string of the molecule is C[C@H](N)c1ccnc(Oc2ccccc2Cl)c1. The van der Waals surface area contributed by atoms with Crippen LogP contribution in [0.5, 0.6) is 11.6 Å². The molecule has 0 aliphatic carbocycles. The Balaban J connectivity index is 2.25. The van der Waals surface area contributed by atoms with E-state index in [9.17, 15) is 0 Å². The smallest absolute Gasteiger partial charge is 0.219 e. The molecule has 1 atom stereocenters. The van der Waals surface area contributed by atoms with Crippen molar-refractivity contribution in [2.24, 2.45) is 5.73 Å². The summed E-state index contributed by atoms with van der Waals surface area (Å²) in [7, 11) is 0. The van der Waals surface area contributed by atoms with Gasteiger partial charge >= 0.3 is 0 Å². The van der Waals surface area contributed by atoms with E-state index in [1.807, 2.05) is 31.2 Å². The number of hydrogen-bond donors (Lipinski definition) is 1. The second-order valence-corrected chi connectivity index (χ2v) is 4.16. The number of pyridine rings is 1. The van der Waals surface area contributed by atoms with Crippen LogP contribution in [0.25, 0.3) is 0 Å². The Labute approximate surface area is 105 Å². The highest BCUT2D eigenvalue weighted by atomic mass is 35.5. The topological polar surface area (TPSA) is 48.1 Å². The number of para-hydroxylation sites is 1. The van der Waals surface area contributed by atoms with E-state index >= 15 is 0 Å². The van der Waals surface area contributed by atoms with E-state index in [0.29, 0.717) is 16.7 Å². The maximum atomic E-state index is 6.00. The molecule has 2 N–H and O–H groups in total. The van der Waals surface area contributed by atoms with Crippen LogP contribution < -0.4 is 10.5 Å². The summed E-state index contributed by atoms with van der Waals surface area (Å²) < 4.78 is 5.60. The number of ether oxygens (including phenoxy) is 1. The molecule has 0 saturated carbocycles. The van der Waals surface area contributed by atoms with Crippen molar-refractivity contribution in [1.82, 2.24) is 4.98 Å². The molecule has 0 fully saturated rings. The Morgan fingerprint density at radius 3 is 2.76 bits per heavy atom. The molecule has 0 saturated heterocycles. The zero-order valence-corrected chi connectivity index (χ0v) is 10.2. The second kappa shape index (κ2) is 5.17. The van der Waals surface area contributed by atoms with Gasteiger partial charge in [-0.3, -0.25) is 0 Å². The minimum absolute atomic E-state index is 0.0494. The van der Waals surface area contributed by atoms with Crippen LogP contribution >= 0.6 is 11.6 Å². The lowest BCUT2D eigenvalue weighted by atomic mass is 10.1. The van der Waals surface area contributed by atoms with Crippen LogP contribution in [-0.2, 0) is 0 Å². The molecule has 1 heterocycles. The van der Waals surface area contributed by atoms with Gasteiger partial charge in [0.25, 0.3) is 0 Å². The van der Waals surface area contributed by atoms with Crippen molar-refractivity contribution in [2.45, 2.75) is 13.0 Å². The van der Waals surface area contributed by atoms with Crippen molar-refractivity contribution in [1.29, 1.82) is 0 Å². The average Bonchev–Trinajstić information content (AvgIpc) is 2.32. The monoisotopic (exact) mass is 248 g/mol. The summed E-state index contributed by atoms with van der Waals surface area (Å²) in [4.78, 5) is 4.12. The molecule has 2 aromatic rings. The molecule has 17 heavy (non-hydrogen) atoms. The van der Waals surface area contributed by atoms with Gasteiger partial charge in [0.15, 0.2) is 0 Å². The Morgan fingerprint density at radius 2 is 2.06 bits per heavy atom. The van der Waals surface area contributed by atoms with Crippen LogP contribution in [0.4, 0.5) is 0 Å². The Bertz CT molecular complexity index is 514. The molecule has 0 radical (unpaired) electrons. The predicted octanol–water partition coefficient (Wildman–Crippen LogP) is 3.55. The predicted molar refractivity (Wildman–Crippen MR) is 68.4 cm³/mol. The number of rotatable bonds is 3. The standard InChI is InChI=1S/C13H13ClN2O/c1-9(15)10-6-7-16-13(8-10)17-12-5-3-2-4-11(12)14/h2-9H,15H2,1H3/t9-/m0/s1. The van der Waals surface area contributed by atoms with Crippen molar-refractivity contribution < 1.29 is 4.74 Å². The zero-order valence-electron chi connectivity index (χ0n) is 9.43. The summed E-state index contributed by atoms with van der Waals surface area (Å²) in [5.74, 6) is 1.08. The molecular formula is C13H13ClN2O. The van der Waals surface area contributed by atoms with E-state index in [4.69, 9.17) is 22.1 Å². The lowest BCUT2D eigenvalue weighted by Gasteiger charge is -2.09. The fraction of sp³-hybridized carbons (Fsp3) is 0.154. The number of halogens is 1. The first-order valence-corrected chi connectivity index (χ1v) is 5.68. The normalized spacial score (nSPS) is 12.2. The van der Waals surface area contributed by atoms with Gasteiger partial charge < -0.3 is 10.5 Å². The molecule has 0 bridgehead atoms.